The molecule has 0 aliphatic heterocycles. The van der Waals surface area contributed by atoms with E-state index in [4.69, 9.17) is 5.10 Å². The quantitative estimate of drug-likeness (QED) is 0.463. The molecule has 0 atom stereocenters. The van der Waals surface area contributed by atoms with Crippen molar-refractivity contribution < 1.29 is 9.90 Å². The molecule has 2 heterocycles. The fraction of sp³-hybridized carbons (Fsp3) is 0.269. The van der Waals surface area contributed by atoms with Gasteiger partial charge in [0.25, 0.3) is 0 Å². The lowest BCUT2D eigenvalue weighted by atomic mass is 9.91. The number of rotatable bonds is 5. The summed E-state index contributed by atoms with van der Waals surface area (Å²) in [4.78, 5) is 18.9. The molecule has 1 aliphatic carbocycles. The van der Waals surface area contributed by atoms with E-state index >= 15 is 0 Å². The molecule has 1 N–H and O–H groups in total. The third kappa shape index (κ3) is 3.23. The molecule has 6 heteroatoms. The number of benzene rings is 2. The highest BCUT2D eigenvalue weighted by Gasteiger charge is 2.25. The largest absolute Gasteiger partial charge is 0.477 e. The second kappa shape index (κ2) is 7.79. The fourth-order valence-corrected chi connectivity index (χ4v) is 4.57. The van der Waals surface area contributed by atoms with Gasteiger partial charge in [0.1, 0.15) is 0 Å². The minimum Gasteiger partial charge on any atom is -0.477 e. The number of aryl methyl sites for hydroxylation is 1. The molecule has 0 radical (unpaired) electrons. The average molecular weight is 427 g/mol. The summed E-state index contributed by atoms with van der Waals surface area (Å²) in [5.41, 5.74) is 5.97. The van der Waals surface area contributed by atoms with Gasteiger partial charge in [-0.1, -0.05) is 30.3 Å². The zero-order chi connectivity index (χ0) is 22.4. The Kier molecular flexibility index (Phi) is 4.93. The second-order valence-electron chi connectivity index (χ2n) is 8.54. The number of hydrogen-bond acceptors (Lipinski definition) is 4. The van der Waals surface area contributed by atoms with Gasteiger partial charge in [-0.3, -0.25) is 0 Å². The molecule has 32 heavy (non-hydrogen) atoms. The number of aromatic carboxylic acids is 1. The number of para-hydroxylation sites is 1. The van der Waals surface area contributed by atoms with E-state index < -0.39 is 5.97 Å². The number of carboxylic acids is 1. The molecule has 0 amide bonds. The predicted octanol–water partition coefficient (Wildman–Crippen LogP) is 5.39. The first-order chi connectivity index (χ1) is 15.5. The lowest BCUT2D eigenvalue weighted by Gasteiger charge is -2.36. The van der Waals surface area contributed by atoms with Gasteiger partial charge in [0.15, 0.2) is 11.3 Å². The summed E-state index contributed by atoms with van der Waals surface area (Å²) in [7, 11) is 2.14. The van der Waals surface area contributed by atoms with Crippen molar-refractivity contribution in [3.8, 4) is 16.8 Å². The van der Waals surface area contributed by atoms with Gasteiger partial charge in [-0.25, -0.2) is 14.5 Å². The molecule has 1 fully saturated rings. The van der Waals surface area contributed by atoms with E-state index in [0.29, 0.717) is 17.3 Å². The van der Waals surface area contributed by atoms with Crippen LogP contribution < -0.4 is 4.90 Å². The Hall–Kier alpha value is -3.67. The third-order valence-electron chi connectivity index (χ3n) is 6.62. The summed E-state index contributed by atoms with van der Waals surface area (Å²) >= 11 is 0. The van der Waals surface area contributed by atoms with Gasteiger partial charge in [-0.15, -0.1) is 0 Å². The summed E-state index contributed by atoms with van der Waals surface area (Å²) in [6.07, 6.45) is 3.77. The number of carbonyl (C=O) groups is 1. The summed E-state index contributed by atoms with van der Waals surface area (Å²) in [6.45, 7) is 3.78. The van der Waals surface area contributed by atoms with Crippen LogP contribution in [0.25, 0.3) is 27.8 Å². The SMILES string of the molecule is Cc1c(C(=O)O)nc2c(c(C)nn2-c2ccccc2)c1-c1ccc(N(C)C2CCC2)cc1. The Balaban J connectivity index is 1.71. The summed E-state index contributed by atoms with van der Waals surface area (Å²) in [5.74, 6) is -1.04. The molecule has 0 bridgehead atoms. The van der Waals surface area contributed by atoms with Crippen LogP contribution in [-0.4, -0.2) is 38.9 Å². The Morgan fingerprint density at radius 2 is 1.75 bits per heavy atom. The van der Waals surface area contributed by atoms with E-state index in [1.807, 2.05) is 44.2 Å². The maximum atomic E-state index is 12.1. The van der Waals surface area contributed by atoms with Gasteiger partial charge in [0, 0.05) is 18.8 Å². The average Bonchev–Trinajstić information content (AvgIpc) is 3.09. The van der Waals surface area contributed by atoms with Gasteiger partial charge in [0.2, 0.25) is 0 Å². The van der Waals surface area contributed by atoms with Crippen LogP contribution in [0.3, 0.4) is 0 Å². The molecule has 0 spiro atoms. The standard InChI is InChI=1S/C26H26N4O2/c1-16-22(18-12-14-20(15-13-18)29(3)19-10-7-11-19)23-17(2)28-30(21-8-5-4-6-9-21)25(23)27-24(16)26(31)32/h4-6,8-9,12-15,19H,7,10-11H2,1-3H3,(H,31,32). The second-order valence-corrected chi connectivity index (χ2v) is 8.54. The van der Waals surface area contributed by atoms with Crippen molar-refractivity contribution in [1.29, 1.82) is 0 Å². The Bertz CT molecular complexity index is 1310. The van der Waals surface area contributed by atoms with Crippen molar-refractivity contribution >= 4 is 22.7 Å². The molecule has 1 aliphatic rings. The predicted molar refractivity (Wildman–Crippen MR) is 127 cm³/mol. The smallest absolute Gasteiger partial charge is 0.354 e. The van der Waals surface area contributed by atoms with E-state index in [0.717, 1.165) is 27.9 Å². The van der Waals surface area contributed by atoms with Crippen LogP contribution in [0.15, 0.2) is 54.6 Å². The van der Waals surface area contributed by atoms with Gasteiger partial charge in [-0.2, -0.15) is 5.10 Å². The molecule has 2 aromatic carbocycles. The minimum atomic E-state index is -1.04. The van der Waals surface area contributed by atoms with Crippen molar-refractivity contribution in [2.45, 2.75) is 39.2 Å². The molecule has 0 unspecified atom stereocenters. The van der Waals surface area contributed by atoms with E-state index in [1.165, 1.54) is 24.9 Å². The molecule has 162 valence electrons. The van der Waals surface area contributed by atoms with Gasteiger partial charge in [0.05, 0.1) is 16.8 Å². The third-order valence-corrected chi connectivity index (χ3v) is 6.62. The number of carboxylic acid groups (broad SMARTS) is 1. The molecule has 2 aromatic heterocycles. The summed E-state index contributed by atoms with van der Waals surface area (Å²) in [6, 6.07) is 18.7. The van der Waals surface area contributed by atoms with E-state index in [2.05, 4.69) is 41.2 Å². The highest BCUT2D eigenvalue weighted by Crippen LogP contribution is 2.37. The lowest BCUT2D eigenvalue weighted by molar-refractivity contribution is 0.0690. The van der Waals surface area contributed by atoms with Gasteiger partial charge >= 0.3 is 5.97 Å². The number of anilines is 1. The van der Waals surface area contributed by atoms with E-state index in [1.54, 1.807) is 4.68 Å². The number of hydrogen-bond donors (Lipinski definition) is 1. The molecule has 5 rings (SSSR count). The number of pyridine rings is 1. The van der Waals surface area contributed by atoms with Crippen LogP contribution in [0.1, 0.15) is 41.0 Å². The van der Waals surface area contributed by atoms with Crippen LogP contribution in [0.2, 0.25) is 0 Å². The zero-order valence-electron chi connectivity index (χ0n) is 18.5. The lowest BCUT2D eigenvalue weighted by Crippen LogP contribution is -2.36. The van der Waals surface area contributed by atoms with Gasteiger partial charge < -0.3 is 10.0 Å². The highest BCUT2D eigenvalue weighted by atomic mass is 16.4. The topological polar surface area (TPSA) is 71.2 Å². The Morgan fingerprint density at radius 3 is 2.34 bits per heavy atom. The van der Waals surface area contributed by atoms with Crippen LogP contribution in [0.4, 0.5) is 5.69 Å². The van der Waals surface area contributed by atoms with Crippen molar-refractivity contribution in [3.05, 3.63) is 71.5 Å². The van der Waals surface area contributed by atoms with Crippen LogP contribution in [-0.2, 0) is 0 Å². The van der Waals surface area contributed by atoms with Crippen molar-refractivity contribution in [1.82, 2.24) is 14.8 Å². The van der Waals surface area contributed by atoms with E-state index in [9.17, 15) is 9.90 Å². The number of nitrogens with zero attached hydrogens (tertiary/aromatic N) is 4. The summed E-state index contributed by atoms with van der Waals surface area (Å²) in [5, 5.41) is 15.5. The van der Waals surface area contributed by atoms with E-state index in [-0.39, 0.29) is 5.69 Å². The minimum absolute atomic E-state index is 0.0558. The first kappa shape index (κ1) is 20.2. The molecular formula is C26H26N4O2. The van der Waals surface area contributed by atoms with Crippen molar-refractivity contribution in [2.24, 2.45) is 0 Å². The normalized spacial score (nSPS) is 13.8. The highest BCUT2D eigenvalue weighted by molar-refractivity contribution is 6.02. The van der Waals surface area contributed by atoms with Crippen LogP contribution >= 0.6 is 0 Å². The molecule has 6 nitrogen and oxygen atoms in total. The Labute approximate surface area is 187 Å². The fourth-order valence-electron chi connectivity index (χ4n) is 4.57. The van der Waals surface area contributed by atoms with Crippen LogP contribution in [0, 0.1) is 13.8 Å². The maximum Gasteiger partial charge on any atom is 0.354 e. The Morgan fingerprint density at radius 1 is 1.06 bits per heavy atom. The monoisotopic (exact) mass is 426 g/mol. The number of fused-ring (bicyclic) bond motifs is 1. The first-order valence-corrected chi connectivity index (χ1v) is 11.0. The first-order valence-electron chi connectivity index (χ1n) is 11.0. The maximum absolute atomic E-state index is 12.1. The molecule has 4 aromatic rings. The zero-order valence-corrected chi connectivity index (χ0v) is 18.5. The van der Waals surface area contributed by atoms with Crippen LogP contribution in [0.5, 0.6) is 0 Å². The molecule has 0 saturated heterocycles. The summed E-state index contributed by atoms with van der Waals surface area (Å²) < 4.78 is 1.73. The van der Waals surface area contributed by atoms with Crippen molar-refractivity contribution in [3.63, 3.8) is 0 Å². The number of aromatic nitrogens is 3. The van der Waals surface area contributed by atoms with Crippen molar-refractivity contribution in [2.75, 3.05) is 11.9 Å². The van der Waals surface area contributed by atoms with Gasteiger partial charge in [-0.05, 0) is 74.1 Å². The molecule has 1 saturated carbocycles. The molecular weight excluding hydrogens is 400 g/mol.